The maximum atomic E-state index is 11.5. The van der Waals surface area contributed by atoms with Crippen molar-refractivity contribution in [2.45, 2.75) is 26.0 Å². The lowest BCUT2D eigenvalue weighted by Crippen LogP contribution is -2.13. The van der Waals surface area contributed by atoms with Crippen molar-refractivity contribution in [2.75, 3.05) is 5.32 Å². The quantitative estimate of drug-likeness (QED) is 0.487. The van der Waals surface area contributed by atoms with Gasteiger partial charge in [0, 0.05) is 23.6 Å². The summed E-state index contributed by atoms with van der Waals surface area (Å²) in [4.78, 5) is 36.2. The van der Waals surface area contributed by atoms with E-state index in [9.17, 15) is 19.7 Å². The van der Waals surface area contributed by atoms with Crippen molar-refractivity contribution < 1.29 is 19.2 Å². The van der Waals surface area contributed by atoms with Gasteiger partial charge < -0.3 is 10.1 Å². The second-order valence-electron chi connectivity index (χ2n) is 4.13. The smallest absolute Gasteiger partial charge is 0.316 e. The summed E-state index contributed by atoms with van der Waals surface area (Å²) in [6.07, 6.45) is 0.236. The Labute approximate surface area is 111 Å². The molecule has 102 valence electrons. The van der Waals surface area contributed by atoms with E-state index in [1.54, 1.807) is 5.38 Å². The molecule has 1 N–H and O–H groups in total. The van der Waals surface area contributed by atoms with Crippen LogP contribution in [-0.4, -0.2) is 27.8 Å². The summed E-state index contributed by atoms with van der Waals surface area (Å²) in [5.74, 6) is -1.44. The SMILES string of the molecule is CC(=O)Nc1nc(COC(=O)C2CC2[N+](=O)[O-])cs1. The minimum atomic E-state index is -0.808. The van der Waals surface area contributed by atoms with E-state index in [-0.39, 0.29) is 18.9 Å². The summed E-state index contributed by atoms with van der Waals surface area (Å²) < 4.78 is 4.94. The summed E-state index contributed by atoms with van der Waals surface area (Å²) in [7, 11) is 0. The van der Waals surface area contributed by atoms with Crippen LogP contribution < -0.4 is 5.32 Å². The maximum Gasteiger partial charge on any atom is 0.316 e. The molecule has 9 heteroatoms. The van der Waals surface area contributed by atoms with Crippen LogP contribution in [0.15, 0.2) is 5.38 Å². The monoisotopic (exact) mass is 285 g/mol. The van der Waals surface area contributed by atoms with Crippen LogP contribution in [0.4, 0.5) is 5.13 Å². The second kappa shape index (κ2) is 5.31. The van der Waals surface area contributed by atoms with Crippen LogP contribution in [0.1, 0.15) is 19.0 Å². The predicted octanol–water partition coefficient (Wildman–Crippen LogP) is 0.810. The summed E-state index contributed by atoms with van der Waals surface area (Å²) in [5.41, 5.74) is 0.500. The molecule has 19 heavy (non-hydrogen) atoms. The van der Waals surface area contributed by atoms with Gasteiger partial charge in [-0.25, -0.2) is 4.98 Å². The number of aromatic nitrogens is 1. The summed E-state index contributed by atoms with van der Waals surface area (Å²) in [5, 5.41) is 15.0. The highest BCUT2D eigenvalue weighted by Crippen LogP contribution is 2.34. The molecule has 0 aromatic carbocycles. The van der Waals surface area contributed by atoms with E-state index in [1.165, 1.54) is 18.3 Å². The van der Waals surface area contributed by atoms with Gasteiger partial charge in [0.2, 0.25) is 11.9 Å². The Bertz CT molecular complexity index is 529. The molecule has 1 amide bonds. The highest BCUT2D eigenvalue weighted by molar-refractivity contribution is 7.13. The molecule has 0 radical (unpaired) electrons. The maximum absolute atomic E-state index is 11.5. The standard InChI is InChI=1S/C10H11N3O5S/c1-5(14)11-10-12-6(4-19-10)3-18-9(15)7-2-8(7)13(16)17/h4,7-8H,2-3H2,1H3,(H,11,12,14). The van der Waals surface area contributed by atoms with Gasteiger partial charge in [-0.05, 0) is 0 Å². The molecule has 0 spiro atoms. The van der Waals surface area contributed by atoms with Crippen LogP contribution in [0, 0.1) is 16.0 Å². The molecular weight excluding hydrogens is 274 g/mol. The summed E-state index contributed by atoms with van der Waals surface area (Å²) in [6.45, 7) is 1.32. The molecule has 2 unspecified atom stereocenters. The van der Waals surface area contributed by atoms with Crippen LogP contribution >= 0.6 is 11.3 Å². The minimum absolute atomic E-state index is 0.0458. The van der Waals surface area contributed by atoms with Crippen LogP contribution in [0.5, 0.6) is 0 Å². The Morgan fingerprint density at radius 3 is 3.00 bits per heavy atom. The van der Waals surface area contributed by atoms with Crippen molar-refractivity contribution in [3.8, 4) is 0 Å². The lowest BCUT2D eigenvalue weighted by atomic mass is 10.4. The summed E-state index contributed by atoms with van der Waals surface area (Å²) >= 11 is 1.22. The fourth-order valence-corrected chi connectivity index (χ4v) is 2.24. The van der Waals surface area contributed by atoms with Gasteiger partial charge in [-0.15, -0.1) is 11.3 Å². The van der Waals surface area contributed by atoms with Crippen LogP contribution in [0.25, 0.3) is 0 Å². The number of hydrogen-bond donors (Lipinski definition) is 1. The fourth-order valence-electron chi connectivity index (χ4n) is 1.50. The first-order valence-corrected chi connectivity index (χ1v) is 6.37. The highest BCUT2D eigenvalue weighted by atomic mass is 32.1. The third-order valence-corrected chi connectivity index (χ3v) is 3.33. The molecule has 1 aliphatic carbocycles. The molecule has 1 fully saturated rings. The molecule has 1 aliphatic rings. The second-order valence-corrected chi connectivity index (χ2v) is 4.99. The zero-order valence-electron chi connectivity index (χ0n) is 9.99. The lowest BCUT2D eigenvalue weighted by molar-refractivity contribution is -0.497. The fraction of sp³-hybridized carbons (Fsp3) is 0.500. The van der Waals surface area contributed by atoms with Gasteiger partial charge in [-0.3, -0.25) is 19.7 Å². The molecule has 1 aromatic heterocycles. The first-order valence-electron chi connectivity index (χ1n) is 5.49. The van der Waals surface area contributed by atoms with Gasteiger partial charge in [0.05, 0.1) is 5.69 Å². The van der Waals surface area contributed by atoms with E-state index >= 15 is 0 Å². The third kappa shape index (κ3) is 3.47. The van der Waals surface area contributed by atoms with Crippen molar-refractivity contribution in [3.05, 3.63) is 21.2 Å². The zero-order chi connectivity index (χ0) is 14.0. The predicted molar refractivity (Wildman–Crippen MR) is 65.1 cm³/mol. The number of hydrogen-bond acceptors (Lipinski definition) is 7. The Morgan fingerprint density at radius 2 is 2.42 bits per heavy atom. The van der Waals surface area contributed by atoms with E-state index < -0.39 is 22.9 Å². The van der Waals surface area contributed by atoms with E-state index in [4.69, 9.17) is 4.74 Å². The van der Waals surface area contributed by atoms with Crippen molar-refractivity contribution in [1.29, 1.82) is 0 Å². The van der Waals surface area contributed by atoms with Crippen molar-refractivity contribution in [2.24, 2.45) is 5.92 Å². The average molecular weight is 285 g/mol. The average Bonchev–Trinajstić information content (AvgIpc) is 3.02. The number of anilines is 1. The molecule has 8 nitrogen and oxygen atoms in total. The van der Waals surface area contributed by atoms with Crippen molar-refractivity contribution >= 4 is 28.3 Å². The first-order chi connectivity index (χ1) is 8.97. The molecule has 2 rings (SSSR count). The van der Waals surface area contributed by atoms with E-state index in [0.29, 0.717) is 10.8 Å². The van der Waals surface area contributed by atoms with E-state index in [1.807, 2.05) is 0 Å². The van der Waals surface area contributed by atoms with Gasteiger partial charge in [0.15, 0.2) is 5.13 Å². The van der Waals surface area contributed by atoms with Crippen LogP contribution in [0.2, 0.25) is 0 Å². The molecular formula is C10H11N3O5S. The van der Waals surface area contributed by atoms with Crippen LogP contribution in [-0.2, 0) is 20.9 Å². The number of carbonyl (C=O) groups excluding carboxylic acids is 2. The van der Waals surface area contributed by atoms with E-state index in [2.05, 4.69) is 10.3 Å². The number of nitrogens with zero attached hydrogens (tertiary/aromatic N) is 2. The molecule has 1 saturated carbocycles. The Morgan fingerprint density at radius 1 is 1.68 bits per heavy atom. The molecule has 0 bridgehead atoms. The Balaban J connectivity index is 1.79. The molecule has 2 atom stereocenters. The molecule has 1 aromatic rings. The third-order valence-electron chi connectivity index (χ3n) is 2.53. The number of rotatable bonds is 5. The Hall–Kier alpha value is -2.03. The summed E-state index contributed by atoms with van der Waals surface area (Å²) in [6, 6.07) is -0.808. The largest absolute Gasteiger partial charge is 0.459 e. The van der Waals surface area contributed by atoms with Gasteiger partial charge in [0.25, 0.3) is 0 Å². The molecule has 0 aliphatic heterocycles. The number of amides is 1. The van der Waals surface area contributed by atoms with Crippen LogP contribution in [0.3, 0.4) is 0 Å². The lowest BCUT2D eigenvalue weighted by Gasteiger charge is -2.00. The number of ether oxygens (including phenoxy) is 1. The first kappa shape index (κ1) is 13.4. The molecule has 0 saturated heterocycles. The Kier molecular flexibility index (Phi) is 3.74. The number of nitro groups is 1. The number of carbonyl (C=O) groups is 2. The highest BCUT2D eigenvalue weighted by Gasteiger charge is 2.54. The minimum Gasteiger partial charge on any atom is -0.459 e. The topological polar surface area (TPSA) is 111 Å². The van der Waals surface area contributed by atoms with Gasteiger partial charge in [0.1, 0.15) is 12.5 Å². The number of esters is 1. The normalized spacial score (nSPS) is 20.7. The van der Waals surface area contributed by atoms with Crippen molar-refractivity contribution in [3.63, 3.8) is 0 Å². The van der Waals surface area contributed by atoms with Crippen molar-refractivity contribution in [1.82, 2.24) is 4.98 Å². The van der Waals surface area contributed by atoms with E-state index in [0.717, 1.165) is 0 Å². The van der Waals surface area contributed by atoms with Gasteiger partial charge in [-0.1, -0.05) is 0 Å². The number of nitrogens with one attached hydrogen (secondary N) is 1. The van der Waals surface area contributed by atoms with Gasteiger partial charge >= 0.3 is 5.97 Å². The molecule has 1 heterocycles. The van der Waals surface area contributed by atoms with Gasteiger partial charge in [-0.2, -0.15) is 0 Å². The zero-order valence-corrected chi connectivity index (χ0v) is 10.8. The number of thiazole rings is 1.